The lowest BCUT2D eigenvalue weighted by Gasteiger charge is -2.24. The van der Waals surface area contributed by atoms with Gasteiger partial charge in [-0.1, -0.05) is 0 Å². The summed E-state index contributed by atoms with van der Waals surface area (Å²) in [6.45, 7) is 2.64. The molecule has 2 heterocycles. The average molecular weight is 370 g/mol. The smallest absolute Gasteiger partial charge is 0.404 e. The number of fused-ring (bicyclic) bond motifs is 1. The number of hydrogen-bond donors (Lipinski definition) is 2. The van der Waals surface area contributed by atoms with Crippen molar-refractivity contribution in [2.45, 2.75) is 38.3 Å². The van der Waals surface area contributed by atoms with Crippen LogP contribution in [0.5, 0.6) is 0 Å². The fraction of sp³-hybridized carbons (Fsp3) is 0.421. The molecule has 7 nitrogen and oxygen atoms in total. The van der Waals surface area contributed by atoms with E-state index in [4.69, 9.17) is 5.11 Å². The molecule has 1 atom stereocenters. The number of amides is 1. The van der Waals surface area contributed by atoms with Crippen molar-refractivity contribution in [2.75, 3.05) is 18.0 Å². The molecule has 1 aromatic heterocycles. The summed E-state index contributed by atoms with van der Waals surface area (Å²) >= 11 is 0. The average Bonchev–Trinajstić information content (AvgIpc) is 3.34. The molecule has 1 amide bonds. The van der Waals surface area contributed by atoms with Gasteiger partial charge < -0.3 is 19.9 Å². The van der Waals surface area contributed by atoms with Crippen LogP contribution < -0.4 is 15.8 Å². The summed E-state index contributed by atoms with van der Waals surface area (Å²) in [5.41, 5.74) is 1.53. The maximum atomic E-state index is 15.0. The normalized spacial score (nSPS) is 19.3. The quantitative estimate of drug-likeness (QED) is 0.865. The van der Waals surface area contributed by atoms with Gasteiger partial charge in [-0.25, -0.2) is 9.18 Å². The number of pyridine rings is 1. The number of nitrogens with one attached hydrogen (secondary N) is 1. The van der Waals surface area contributed by atoms with Gasteiger partial charge in [0.25, 0.3) is 5.56 Å². The first kappa shape index (κ1) is 17.3. The molecule has 8 heteroatoms. The second-order valence-electron chi connectivity index (χ2n) is 7.22. The van der Waals surface area contributed by atoms with Crippen LogP contribution in [0.25, 0.3) is 10.9 Å². The predicted molar refractivity (Wildman–Crippen MR) is 97.7 cm³/mol. The van der Waals surface area contributed by atoms with E-state index in [9.17, 15) is 14.9 Å². The number of aromatic nitrogens is 1. The first-order valence-corrected chi connectivity index (χ1v) is 8.93. The summed E-state index contributed by atoms with van der Waals surface area (Å²) in [4.78, 5) is 25.2. The molecule has 1 aliphatic heterocycles. The lowest BCUT2D eigenvalue weighted by atomic mass is 10.0. The largest absolute Gasteiger partial charge is 0.465 e. The van der Waals surface area contributed by atoms with E-state index in [2.05, 4.69) is 5.32 Å². The van der Waals surface area contributed by atoms with Crippen molar-refractivity contribution in [1.29, 1.82) is 5.26 Å². The van der Waals surface area contributed by atoms with Gasteiger partial charge in [-0.3, -0.25) is 4.79 Å². The fourth-order valence-corrected chi connectivity index (χ4v) is 4.09. The maximum Gasteiger partial charge on any atom is 0.404 e. The molecule has 1 aliphatic carbocycles. The highest BCUT2D eigenvalue weighted by Crippen LogP contribution is 2.40. The molecule has 2 N–H and O–H groups in total. The topological polar surface area (TPSA) is 98.4 Å². The Bertz CT molecular complexity index is 1050. The van der Waals surface area contributed by atoms with Gasteiger partial charge in [-0.2, -0.15) is 5.26 Å². The Morgan fingerprint density at radius 3 is 2.74 bits per heavy atom. The van der Waals surface area contributed by atoms with Gasteiger partial charge in [0.2, 0.25) is 0 Å². The van der Waals surface area contributed by atoms with Gasteiger partial charge in [0.05, 0.1) is 22.8 Å². The second kappa shape index (κ2) is 6.27. The Kier molecular flexibility index (Phi) is 4.02. The highest BCUT2D eigenvalue weighted by Gasteiger charge is 2.31. The summed E-state index contributed by atoms with van der Waals surface area (Å²) < 4.78 is 16.7. The number of nitrogens with zero attached hydrogens (tertiary/aromatic N) is 3. The van der Waals surface area contributed by atoms with Crippen LogP contribution in [0.1, 0.15) is 36.4 Å². The lowest BCUT2D eigenvalue weighted by molar-refractivity contribution is 0.191. The Labute approximate surface area is 154 Å². The van der Waals surface area contributed by atoms with Crippen molar-refractivity contribution in [1.82, 2.24) is 9.88 Å². The number of carboxylic acid groups (broad SMARTS) is 1. The number of anilines is 1. The SMILES string of the molecule is Cc1c(N2CCC(NC(=O)O)C2)c(F)cc2c(C#N)cc(=O)n(C3CC3)c12. The minimum atomic E-state index is -1.10. The third-order valence-corrected chi connectivity index (χ3v) is 5.36. The minimum absolute atomic E-state index is 0.0877. The molecule has 27 heavy (non-hydrogen) atoms. The number of carbonyl (C=O) groups is 1. The van der Waals surface area contributed by atoms with E-state index in [0.717, 1.165) is 12.8 Å². The van der Waals surface area contributed by atoms with Gasteiger partial charge >= 0.3 is 6.09 Å². The van der Waals surface area contributed by atoms with Gasteiger partial charge in [0.1, 0.15) is 11.9 Å². The zero-order chi connectivity index (χ0) is 19.3. The first-order chi connectivity index (χ1) is 12.9. The van der Waals surface area contributed by atoms with Gasteiger partial charge in [0.15, 0.2) is 0 Å². The van der Waals surface area contributed by atoms with Crippen molar-refractivity contribution in [3.8, 4) is 6.07 Å². The summed E-state index contributed by atoms with van der Waals surface area (Å²) in [6, 6.07) is 4.42. The molecule has 4 rings (SSSR count). The van der Waals surface area contributed by atoms with Gasteiger partial charge in [0, 0.05) is 30.6 Å². The van der Waals surface area contributed by atoms with E-state index in [-0.39, 0.29) is 23.2 Å². The van der Waals surface area contributed by atoms with Gasteiger partial charge in [-0.05, 0) is 37.8 Å². The van der Waals surface area contributed by atoms with Crippen molar-refractivity contribution in [2.24, 2.45) is 0 Å². The fourth-order valence-electron chi connectivity index (χ4n) is 4.09. The molecule has 2 fully saturated rings. The number of nitriles is 1. The van der Waals surface area contributed by atoms with Crippen LogP contribution in [0.2, 0.25) is 0 Å². The number of benzene rings is 1. The number of hydrogen-bond acceptors (Lipinski definition) is 4. The van der Waals surface area contributed by atoms with Crippen molar-refractivity contribution in [3.05, 3.63) is 39.4 Å². The molecule has 2 aromatic rings. The van der Waals surface area contributed by atoms with Crippen LogP contribution in [0, 0.1) is 24.1 Å². The maximum absolute atomic E-state index is 15.0. The van der Waals surface area contributed by atoms with Crippen LogP contribution in [-0.4, -0.2) is 34.9 Å². The summed E-state index contributed by atoms with van der Waals surface area (Å²) in [6.07, 6.45) is 1.26. The molecule has 1 aromatic carbocycles. The molecule has 1 saturated heterocycles. The van der Waals surface area contributed by atoms with Crippen LogP contribution in [-0.2, 0) is 0 Å². The van der Waals surface area contributed by atoms with E-state index in [0.29, 0.717) is 41.7 Å². The third-order valence-electron chi connectivity index (χ3n) is 5.36. The van der Waals surface area contributed by atoms with Crippen LogP contribution in [0.3, 0.4) is 0 Å². The third kappa shape index (κ3) is 2.89. The van der Waals surface area contributed by atoms with Crippen molar-refractivity contribution < 1.29 is 14.3 Å². The highest BCUT2D eigenvalue weighted by molar-refractivity contribution is 5.92. The molecule has 0 bridgehead atoms. The number of aryl methyl sites for hydroxylation is 1. The lowest BCUT2D eigenvalue weighted by Crippen LogP contribution is -2.36. The number of rotatable bonds is 3. The zero-order valence-corrected chi connectivity index (χ0v) is 14.8. The summed E-state index contributed by atoms with van der Waals surface area (Å²) in [5, 5.41) is 21.2. The van der Waals surface area contributed by atoms with E-state index < -0.39 is 11.9 Å². The summed E-state index contributed by atoms with van der Waals surface area (Å²) in [7, 11) is 0. The van der Waals surface area contributed by atoms with Gasteiger partial charge in [-0.15, -0.1) is 0 Å². The van der Waals surface area contributed by atoms with E-state index >= 15 is 4.39 Å². The molecule has 0 spiro atoms. The van der Waals surface area contributed by atoms with E-state index in [1.54, 1.807) is 11.5 Å². The molecular formula is C19H19FN4O3. The molecule has 140 valence electrons. The van der Waals surface area contributed by atoms with Crippen molar-refractivity contribution >= 4 is 22.7 Å². The zero-order valence-electron chi connectivity index (χ0n) is 14.8. The Balaban J connectivity index is 1.88. The Morgan fingerprint density at radius 2 is 2.11 bits per heavy atom. The molecule has 2 aliphatic rings. The predicted octanol–water partition coefficient (Wildman–Crippen LogP) is 2.50. The highest BCUT2D eigenvalue weighted by atomic mass is 19.1. The van der Waals surface area contributed by atoms with Crippen molar-refractivity contribution in [3.63, 3.8) is 0 Å². The molecular weight excluding hydrogens is 351 g/mol. The standard InChI is InChI=1S/C19H19FN4O3/c1-10-17-14(11(8-21)6-16(25)24(17)13-2-3-13)7-15(20)18(10)23-5-4-12(9-23)22-19(26)27/h6-7,12-13,22H,2-5,9H2,1H3,(H,26,27). The first-order valence-electron chi connectivity index (χ1n) is 8.93. The van der Waals surface area contributed by atoms with E-state index in [1.165, 1.54) is 12.1 Å². The van der Waals surface area contributed by atoms with Crippen LogP contribution >= 0.6 is 0 Å². The van der Waals surface area contributed by atoms with E-state index in [1.807, 2.05) is 11.0 Å². The Morgan fingerprint density at radius 1 is 1.37 bits per heavy atom. The van der Waals surface area contributed by atoms with Crippen LogP contribution in [0.15, 0.2) is 16.9 Å². The molecule has 1 saturated carbocycles. The second-order valence-corrected chi connectivity index (χ2v) is 7.22. The minimum Gasteiger partial charge on any atom is -0.465 e. The molecule has 1 unspecified atom stereocenters. The molecule has 0 radical (unpaired) electrons. The van der Waals surface area contributed by atoms with Crippen LogP contribution in [0.4, 0.5) is 14.9 Å². The number of halogens is 1. The summed E-state index contributed by atoms with van der Waals surface area (Å²) in [5.74, 6) is -0.464. The monoisotopic (exact) mass is 370 g/mol. The Hall–Kier alpha value is -3.08.